The number of hydrogen-bond acceptors (Lipinski definition) is 15. The third-order valence-electron chi connectivity index (χ3n) is 10.7. The first kappa shape index (κ1) is 62.2. The Bertz CT molecular complexity index is 1460. The van der Waals surface area contributed by atoms with Gasteiger partial charge in [-0.2, -0.15) is 0 Å². The van der Waals surface area contributed by atoms with Crippen molar-refractivity contribution in [1.29, 1.82) is 0 Å². The Kier molecular flexibility index (Phi) is 34.8. The van der Waals surface area contributed by atoms with Gasteiger partial charge in [0.05, 0.1) is 39.0 Å². The number of imide groups is 1. The SMILES string of the molecule is CC(C)(C)OC(=O)CCCCCCCCCCCCCCCCCCC(=O)C[C@@H](CCC(=O)NCCOCCOCC(=O)CCCOCCOCC(=O)ON1C(=O)CCC1=O)C(=O)OC(C)(C)C. The van der Waals surface area contributed by atoms with E-state index in [-0.39, 0.29) is 108 Å². The highest BCUT2D eigenvalue weighted by atomic mass is 16.7. The second-order valence-electron chi connectivity index (χ2n) is 19.6. The summed E-state index contributed by atoms with van der Waals surface area (Å²) in [5.41, 5.74) is -1.11. The van der Waals surface area contributed by atoms with Crippen molar-refractivity contribution in [3.05, 3.63) is 0 Å². The van der Waals surface area contributed by atoms with Gasteiger partial charge in [0.2, 0.25) is 5.91 Å². The molecule has 0 aromatic carbocycles. The van der Waals surface area contributed by atoms with Crippen molar-refractivity contribution in [2.75, 3.05) is 59.4 Å². The molecule has 1 aliphatic heterocycles. The zero-order chi connectivity index (χ0) is 50.5. The van der Waals surface area contributed by atoms with Gasteiger partial charge in [0.15, 0.2) is 5.78 Å². The number of hydroxylamine groups is 2. The van der Waals surface area contributed by atoms with Crippen LogP contribution in [0.4, 0.5) is 0 Å². The van der Waals surface area contributed by atoms with Crippen LogP contribution >= 0.6 is 0 Å². The summed E-state index contributed by atoms with van der Waals surface area (Å²) < 4.78 is 32.3. The summed E-state index contributed by atoms with van der Waals surface area (Å²) >= 11 is 0. The number of unbranched alkanes of at least 4 members (excludes halogenated alkanes) is 15. The van der Waals surface area contributed by atoms with Crippen LogP contribution in [-0.2, 0) is 71.6 Å². The van der Waals surface area contributed by atoms with E-state index in [1.807, 2.05) is 20.8 Å². The smallest absolute Gasteiger partial charge is 0.358 e. The normalized spacial score (nSPS) is 13.4. The van der Waals surface area contributed by atoms with Gasteiger partial charge >= 0.3 is 17.9 Å². The third-order valence-corrected chi connectivity index (χ3v) is 10.7. The molecule has 392 valence electrons. The van der Waals surface area contributed by atoms with Crippen molar-refractivity contribution in [2.45, 2.75) is 213 Å². The number of hydrogen-bond donors (Lipinski definition) is 1. The predicted molar refractivity (Wildman–Crippen MR) is 255 cm³/mol. The lowest BCUT2D eigenvalue weighted by Gasteiger charge is -2.23. The molecule has 0 spiro atoms. The van der Waals surface area contributed by atoms with Crippen LogP contribution in [-0.4, -0.2) is 123 Å². The van der Waals surface area contributed by atoms with Gasteiger partial charge in [-0.25, -0.2) is 4.79 Å². The second kappa shape index (κ2) is 38.0. The van der Waals surface area contributed by atoms with Crippen LogP contribution in [0.3, 0.4) is 0 Å². The first-order valence-electron chi connectivity index (χ1n) is 25.5. The van der Waals surface area contributed by atoms with Gasteiger partial charge in [-0.1, -0.05) is 89.9 Å². The molecule has 0 bridgehead atoms. The summed E-state index contributed by atoms with van der Waals surface area (Å²) in [5, 5.41) is 3.23. The maximum absolute atomic E-state index is 13.0. The van der Waals surface area contributed by atoms with E-state index < -0.39 is 47.5 Å². The molecule has 17 heteroatoms. The lowest BCUT2D eigenvalue weighted by atomic mass is 9.94. The number of carbonyl (C=O) groups excluding carboxylic acids is 8. The number of nitrogens with one attached hydrogen (secondary N) is 1. The molecule has 1 saturated heterocycles. The molecule has 1 atom stereocenters. The molecule has 0 saturated carbocycles. The van der Waals surface area contributed by atoms with Gasteiger partial charge in [0.1, 0.15) is 30.2 Å². The Balaban J connectivity index is 2.04. The van der Waals surface area contributed by atoms with E-state index in [0.717, 1.165) is 32.1 Å². The number of ether oxygens (including phenoxy) is 6. The van der Waals surface area contributed by atoms with Crippen molar-refractivity contribution in [3.63, 3.8) is 0 Å². The molecule has 0 unspecified atom stereocenters. The van der Waals surface area contributed by atoms with Crippen molar-refractivity contribution in [3.8, 4) is 0 Å². The molecule has 1 aliphatic rings. The van der Waals surface area contributed by atoms with E-state index in [9.17, 15) is 38.4 Å². The van der Waals surface area contributed by atoms with Crippen LogP contribution < -0.4 is 5.32 Å². The molecule has 0 aromatic rings. The number of rotatable bonds is 43. The van der Waals surface area contributed by atoms with Gasteiger partial charge in [0, 0.05) is 58.1 Å². The Labute approximate surface area is 406 Å². The fourth-order valence-corrected chi connectivity index (χ4v) is 7.19. The van der Waals surface area contributed by atoms with Gasteiger partial charge in [-0.15, -0.1) is 5.06 Å². The Morgan fingerprint density at radius 3 is 1.49 bits per heavy atom. The topological polar surface area (TPSA) is 216 Å². The first-order chi connectivity index (χ1) is 32.4. The van der Waals surface area contributed by atoms with E-state index in [0.29, 0.717) is 30.9 Å². The fraction of sp³-hybridized carbons (Fsp3) is 0.843. The van der Waals surface area contributed by atoms with Crippen LogP contribution in [0.25, 0.3) is 0 Å². The largest absolute Gasteiger partial charge is 0.460 e. The van der Waals surface area contributed by atoms with Crippen molar-refractivity contribution < 1.29 is 71.6 Å². The number of Topliss-reactive ketones (excluding diaryl/α,β-unsaturated/α-hetero) is 2. The molecular formula is C51H88N2O15. The van der Waals surface area contributed by atoms with E-state index in [1.165, 1.54) is 70.6 Å². The fourth-order valence-electron chi connectivity index (χ4n) is 7.19. The van der Waals surface area contributed by atoms with E-state index >= 15 is 0 Å². The monoisotopic (exact) mass is 969 g/mol. The second-order valence-corrected chi connectivity index (χ2v) is 19.6. The maximum Gasteiger partial charge on any atom is 0.358 e. The lowest BCUT2D eigenvalue weighted by Crippen LogP contribution is -2.33. The summed E-state index contributed by atoms with van der Waals surface area (Å²) in [5.74, 6) is -3.56. The van der Waals surface area contributed by atoms with Crippen LogP contribution in [0.5, 0.6) is 0 Å². The quantitative estimate of drug-likeness (QED) is 0.0346. The van der Waals surface area contributed by atoms with Crippen molar-refractivity contribution in [2.24, 2.45) is 5.92 Å². The summed E-state index contributed by atoms with van der Waals surface area (Å²) in [7, 11) is 0. The Morgan fingerprint density at radius 1 is 0.500 bits per heavy atom. The molecule has 1 heterocycles. The molecule has 3 amide bonds. The van der Waals surface area contributed by atoms with Gasteiger partial charge in [-0.05, 0) is 67.2 Å². The third kappa shape index (κ3) is 37.1. The Hall–Kier alpha value is -3.80. The molecule has 0 aliphatic carbocycles. The Morgan fingerprint density at radius 2 is 0.956 bits per heavy atom. The first-order valence-corrected chi connectivity index (χ1v) is 25.5. The molecule has 1 N–H and O–H groups in total. The molecule has 1 fully saturated rings. The van der Waals surface area contributed by atoms with Gasteiger partial charge in [0.25, 0.3) is 11.8 Å². The average Bonchev–Trinajstić information content (AvgIpc) is 3.57. The highest BCUT2D eigenvalue weighted by Crippen LogP contribution is 2.21. The minimum Gasteiger partial charge on any atom is -0.460 e. The van der Waals surface area contributed by atoms with Crippen LogP contribution in [0.15, 0.2) is 0 Å². The van der Waals surface area contributed by atoms with Crippen LogP contribution in [0.2, 0.25) is 0 Å². The van der Waals surface area contributed by atoms with Gasteiger partial charge in [-0.3, -0.25) is 33.6 Å². The lowest BCUT2D eigenvalue weighted by molar-refractivity contribution is -0.200. The average molecular weight is 969 g/mol. The molecule has 0 radical (unpaired) electrons. The molecule has 68 heavy (non-hydrogen) atoms. The zero-order valence-electron chi connectivity index (χ0n) is 42.7. The highest BCUT2D eigenvalue weighted by molar-refractivity contribution is 6.01. The molecular weight excluding hydrogens is 881 g/mol. The minimum absolute atomic E-state index is 0.0121. The van der Waals surface area contributed by atoms with Crippen molar-refractivity contribution in [1.82, 2.24) is 10.4 Å². The van der Waals surface area contributed by atoms with Gasteiger partial charge < -0.3 is 38.6 Å². The van der Waals surface area contributed by atoms with Crippen molar-refractivity contribution >= 4 is 47.2 Å². The molecule has 17 nitrogen and oxygen atoms in total. The number of nitrogens with zero attached hydrogens (tertiary/aromatic N) is 1. The number of ketones is 2. The van der Waals surface area contributed by atoms with E-state index in [2.05, 4.69) is 5.32 Å². The van der Waals surface area contributed by atoms with Crippen LogP contribution in [0.1, 0.15) is 202 Å². The minimum atomic E-state index is -0.861. The molecule has 0 aromatic heterocycles. The highest BCUT2D eigenvalue weighted by Gasteiger charge is 2.33. The maximum atomic E-state index is 13.0. The standard InChI is InChI=1S/C51H88N2O15/c1-50(2,3)66-47(59)26-22-20-18-16-14-12-10-8-7-9-11-13-15-17-19-21-24-42(54)38-41(49(61)67-51(4,5)6)27-28-44(56)52-31-33-63-35-36-64-39-43(55)25-23-32-62-34-37-65-40-48(60)68-53-45(57)29-30-46(53)58/h41H,7-40H2,1-6H3,(H,52,56)/t41-/m1/s1. The number of carbonyl (C=O) groups is 8. The summed E-state index contributed by atoms with van der Waals surface area (Å²) in [6.07, 6.45) is 20.7. The predicted octanol–water partition coefficient (Wildman–Crippen LogP) is 8.19. The number of esters is 2. The summed E-state index contributed by atoms with van der Waals surface area (Å²) in [6.45, 7) is 12.0. The number of amides is 3. The van der Waals surface area contributed by atoms with E-state index in [4.69, 9.17) is 33.3 Å². The summed E-state index contributed by atoms with van der Waals surface area (Å²) in [6, 6.07) is 0. The van der Waals surface area contributed by atoms with E-state index in [1.54, 1.807) is 20.8 Å². The van der Waals surface area contributed by atoms with Crippen LogP contribution in [0, 0.1) is 5.92 Å². The zero-order valence-corrected chi connectivity index (χ0v) is 42.7. The molecule has 1 rings (SSSR count). The summed E-state index contributed by atoms with van der Waals surface area (Å²) in [4.78, 5) is 102.